The van der Waals surface area contributed by atoms with Crippen LogP contribution in [0.1, 0.15) is 87.1 Å². The third-order valence-electron chi connectivity index (χ3n) is 14.3. The second kappa shape index (κ2) is 24.0. The number of allylic oxidation sites excluding steroid dienone is 1. The van der Waals surface area contributed by atoms with Gasteiger partial charge in [0.2, 0.25) is 12.2 Å². The van der Waals surface area contributed by atoms with Gasteiger partial charge in [0.25, 0.3) is 0 Å². The molecule has 23 nitrogen and oxygen atoms in total. The number of fused-ring (bicyclic) bond motifs is 6. The zero-order valence-corrected chi connectivity index (χ0v) is 41.4. The van der Waals surface area contributed by atoms with E-state index in [1.807, 2.05) is 41.3 Å². The summed E-state index contributed by atoms with van der Waals surface area (Å²) in [6, 6.07) is 12.7. The maximum Gasteiger partial charge on any atom is 0.242 e. The van der Waals surface area contributed by atoms with Crippen molar-refractivity contribution in [3.63, 3.8) is 0 Å². The summed E-state index contributed by atoms with van der Waals surface area (Å²) in [4.78, 5) is 57.1. The number of hydrogen-bond donors (Lipinski definition) is 13. The van der Waals surface area contributed by atoms with Gasteiger partial charge in [-0.25, -0.2) is 5.43 Å². The number of carbonyl (C=O) groups excluding carboxylic acids is 4. The molecule has 3 aromatic carbocycles. The highest BCUT2D eigenvalue weighted by Crippen LogP contribution is 2.52. The summed E-state index contributed by atoms with van der Waals surface area (Å²) >= 11 is 0. The van der Waals surface area contributed by atoms with Crippen molar-refractivity contribution in [1.29, 1.82) is 0 Å². The van der Waals surface area contributed by atoms with Gasteiger partial charge in [0.05, 0.1) is 50.9 Å². The first-order valence-corrected chi connectivity index (χ1v) is 25.3. The van der Waals surface area contributed by atoms with Crippen molar-refractivity contribution < 1.29 is 73.5 Å². The number of aliphatic hydroxyl groups is 6. The van der Waals surface area contributed by atoms with Crippen LogP contribution in [0.2, 0.25) is 0 Å². The smallest absolute Gasteiger partial charge is 0.242 e. The second-order valence-corrected chi connectivity index (χ2v) is 19.5. The van der Waals surface area contributed by atoms with Crippen LogP contribution in [-0.4, -0.2) is 169 Å². The predicted octanol–water partition coefficient (Wildman–Crippen LogP) is -1.70. The summed E-state index contributed by atoms with van der Waals surface area (Å²) < 4.78 is 33.0. The summed E-state index contributed by atoms with van der Waals surface area (Å²) in [5.41, 5.74) is 14.6. The van der Waals surface area contributed by atoms with E-state index < -0.39 is 98.0 Å². The highest BCUT2D eigenvalue weighted by molar-refractivity contribution is 6.29. The lowest BCUT2D eigenvalue weighted by Crippen LogP contribution is -2.70. The first-order chi connectivity index (χ1) is 36.3. The fourth-order valence-corrected chi connectivity index (χ4v) is 10.6. The molecule has 0 aromatic heterocycles. The molecule has 6 aliphatic rings. The zero-order valence-electron chi connectivity index (χ0n) is 41.4. The normalized spacial score (nSPS) is 28.1. The van der Waals surface area contributed by atoms with Gasteiger partial charge < -0.3 is 80.1 Å². The van der Waals surface area contributed by atoms with E-state index in [1.165, 1.54) is 12.1 Å². The number of rotatable bonds is 19. The largest absolute Gasteiger partial charge is 0.486 e. The number of hydrazine groups is 1. The Bertz CT molecular complexity index is 2650. The average molecular weight is 1040 g/mol. The number of aldehydes is 1. The fraction of sp³-hybridized carbons (Fsp3) is 0.500. The van der Waals surface area contributed by atoms with Crippen LogP contribution in [0.4, 0.5) is 5.69 Å². The van der Waals surface area contributed by atoms with Gasteiger partial charge >= 0.3 is 0 Å². The van der Waals surface area contributed by atoms with Crippen LogP contribution in [0.5, 0.6) is 11.5 Å². The molecule has 12 atom stereocenters. The number of ketones is 2. The summed E-state index contributed by atoms with van der Waals surface area (Å²) in [5.74, 6) is -2.86. The topological polar surface area (TPSA) is 337 Å². The summed E-state index contributed by atoms with van der Waals surface area (Å²) in [6.45, 7) is 1.07. The number of para-hydroxylation sites is 1. The van der Waals surface area contributed by atoms with Crippen molar-refractivity contribution in [2.24, 2.45) is 11.7 Å². The first kappa shape index (κ1) is 53.9. The molecule has 5 aliphatic heterocycles. The lowest BCUT2D eigenvalue weighted by Gasteiger charge is -2.42. The zero-order chi connectivity index (χ0) is 52.9. The van der Waals surface area contributed by atoms with Gasteiger partial charge in [-0.3, -0.25) is 30.8 Å². The third-order valence-corrected chi connectivity index (χ3v) is 14.3. The van der Waals surface area contributed by atoms with Gasteiger partial charge in [0.1, 0.15) is 61.6 Å². The molecule has 0 spiro atoms. The van der Waals surface area contributed by atoms with Gasteiger partial charge in [0.15, 0.2) is 23.1 Å². The molecule has 3 fully saturated rings. The Kier molecular flexibility index (Phi) is 17.2. The lowest BCUT2D eigenvalue weighted by atomic mass is 9.74. The van der Waals surface area contributed by atoms with Gasteiger partial charge in [-0.1, -0.05) is 30.3 Å². The van der Waals surface area contributed by atoms with E-state index in [0.29, 0.717) is 48.3 Å². The van der Waals surface area contributed by atoms with Gasteiger partial charge in [-0.05, 0) is 79.1 Å². The SMILES string of the molecule is C[C@H](O)CNNC1=CC(CCO[C@@H]2[C@H]3Oc4c(cc5c(c4OC[C@H](O)CC=O)C(=O)c4cc(CO)ccc4C5=O)[C@H](c4ccccc4N4CN[C@@H]5C(=O)N[C@@H](N)N[C@H]54)[C@@H](CCCO)COC[C@H](O3)[C@H](O)[C@H]2O)=CCN1. The minimum atomic E-state index is -1.65. The van der Waals surface area contributed by atoms with Crippen molar-refractivity contribution in [2.45, 2.75) is 107 Å². The van der Waals surface area contributed by atoms with Crippen molar-refractivity contribution in [1.82, 2.24) is 32.1 Å². The molecule has 9 rings (SSSR count). The van der Waals surface area contributed by atoms with Crippen LogP contribution < -0.4 is 52.2 Å². The quantitative estimate of drug-likeness (QED) is 0.0368. The Morgan fingerprint density at radius 3 is 2.61 bits per heavy atom. The minimum Gasteiger partial charge on any atom is -0.486 e. The van der Waals surface area contributed by atoms with E-state index in [4.69, 9.17) is 29.4 Å². The Morgan fingerprint density at radius 1 is 1.00 bits per heavy atom. The van der Waals surface area contributed by atoms with Crippen LogP contribution in [0.15, 0.2) is 72.1 Å². The molecule has 5 heterocycles. The number of dihydropyridines is 1. The number of nitrogens with two attached hydrogens (primary N) is 1. The third kappa shape index (κ3) is 11.5. The molecule has 404 valence electrons. The van der Waals surface area contributed by atoms with Crippen molar-refractivity contribution in [2.75, 3.05) is 57.7 Å². The van der Waals surface area contributed by atoms with Crippen LogP contribution >= 0.6 is 0 Å². The molecule has 2 bridgehead atoms. The number of ether oxygens (including phenoxy) is 5. The molecular weight excluding hydrogens is 977 g/mol. The standard InChI is InChI=1S/C52H66N8O15/c1-26(64)20-56-59-38-18-27(10-13-54-38)12-16-72-48-45(69)44(68)37-24-71-22-29(5-4-14-61)39(32-6-2-3-7-36(32)60-25-55-41-49(60)57-52(53)58-50(41)70)35-19-34-40(43(67)33-17-28(21-63)8-9-31(33)42(34)66)47(46(35)75-51(48)74-37)73-23-30(65)11-15-62/h2-3,6-10,15,17-19,26,29-30,37,39,41,44-45,48-49,51-52,54-57,59,61,63-65,68-69H,4-5,11-14,16,20-25,53H2,1H3,(H,58,70)/t26-,29-,30+,37-,39-,41-,44-,45+,48-,49-,51+,52-/m0/s1. The van der Waals surface area contributed by atoms with E-state index in [9.17, 15) is 40.2 Å². The van der Waals surface area contributed by atoms with Crippen LogP contribution in [0.3, 0.4) is 0 Å². The van der Waals surface area contributed by atoms with Crippen LogP contribution in [-0.2, 0) is 30.4 Å². The summed E-state index contributed by atoms with van der Waals surface area (Å²) in [5, 5.41) is 77.5. The predicted molar refractivity (Wildman–Crippen MR) is 267 cm³/mol. The lowest BCUT2D eigenvalue weighted by molar-refractivity contribution is -0.289. The molecule has 75 heavy (non-hydrogen) atoms. The van der Waals surface area contributed by atoms with E-state index in [-0.39, 0.29) is 97.7 Å². The van der Waals surface area contributed by atoms with E-state index in [1.54, 1.807) is 19.1 Å². The van der Waals surface area contributed by atoms with Crippen LogP contribution in [0.25, 0.3) is 0 Å². The monoisotopic (exact) mass is 1040 g/mol. The maximum absolute atomic E-state index is 15.1. The van der Waals surface area contributed by atoms with Gasteiger partial charge in [-0.15, -0.1) is 0 Å². The second-order valence-electron chi connectivity index (χ2n) is 19.5. The molecule has 1 aliphatic carbocycles. The number of nitrogens with zero attached hydrogens (tertiary/aromatic N) is 1. The number of amides is 1. The molecule has 1 amide bonds. The number of benzene rings is 3. The molecule has 0 unspecified atom stereocenters. The number of carbonyl (C=O) groups is 4. The number of nitrogens with one attached hydrogen (secondary N) is 6. The Labute approximate surface area is 432 Å². The Hall–Kier alpha value is -5.90. The highest BCUT2D eigenvalue weighted by Gasteiger charge is 2.50. The molecule has 0 radical (unpaired) electrons. The molecule has 3 saturated heterocycles. The van der Waals surface area contributed by atoms with Crippen molar-refractivity contribution in [3.05, 3.63) is 111 Å². The molecule has 3 aromatic rings. The van der Waals surface area contributed by atoms with Crippen molar-refractivity contribution in [3.8, 4) is 11.5 Å². The summed E-state index contributed by atoms with van der Waals surface area (Å²) in [6.07, 6.45) is -6.08. The number of aliphatic hydroxyl groups excluding tert-OH is 6. The number of hydrogen-bond acceptors (Lipinski definition) is 22. The minimum absolute atomic E-state index is 0.0220. The Balaban J connectivity index is 1.22. The van der Waals surface area contributed by atoms with Crippen molar-refractivity contribution >= 4 is 29.4 Å². The molecule has 23 heteroatoms. The van der Waals surface area contributed by atoms with Gasteiger partial charge in [0, 0.05) is 60.0 Å². The van der Waals surface area contributed by atoms with E-state index in [0.717, 1.165) is 5.57 Å². The number of anilines is 1. The first-order valence-electron chi connectivity index (χ1n) is 25.3. The van der Waals surface area contributed by atoms with E-state index in [2.05, 4.69) is 32.1 Å². The average Bonchev–Trinajstić information content (AvgIpc) is 3.82. The van der Waals surface area contributed by atoms with Gasteiger partial charge in [-0.2, -0.15) is 0 Å². The van der Waals surface area contributed by atoms with Crippen LogP contribution in [0, 0.1) is 5.92 Å². The Morgan fingerprint density at radius 2 is 1.83 bits per heavy atom. The molecule has 0 saturated carbocycles. The fourth-order valence-electron chi connectivity index (χ4n) is 10.6. The molecular formula is C52H66N8O15. The maximum atomic E-state index is 15.1. The summed E-state index contributed by atoms with van der Waals surface area (Å²) in [7, 11) is 0. The highest BCUT2D eigenvalue weighted by atomic mass is 16.7. The molecule has 14 N–H and O–H groups in total. The van der Waals surface area contributed by atoms with E-state index >= 15 is 9.59 Å².